The molecule has 0 saturated heterocycles. The first-order valence-corrected chi connectivity index (χ1v) is 8.00. The van der Waals surface area contributed by atoms with Gasteiger partial charge in [-0.1, -0.05) is 12.1 Å². The molecule has 4 heteroatoms. The van der Waals surface area contributed by atoms with Crippen molar-refractivity contribution in [2.75, 3.05) is 32.1 Å². The lowest BCUT2D eigenvalue weighted by Crippen LogP contribution is -2.30. The predicted octanol–water partition coefficient (Wildman–Crippen LogP) is 3.07. The summed E-state index contributed by atoms with van der Waals surface area (Å²) in [6, 6.07) is 16.5. The van der Waals surface area contributed by atoms with Crippen molar-refractivity contribution in [1.29, 1.82) is 0 Å². The predicted molar refractivity (Wildman–Crippen MR) is 95.6 cm³/mol. The van der Waals surface area contributed by atoms with Crippen LogP contribution >= 0.6 is 0 Å². The van der Waals surface area contributed by atoms with Gasteiger partial charge in [0, 0.05) is 38.4 Å². The van der Waals surface area contributed by atoms with Gasteiger partial charge in [0.25, 0.3) is 0 Å². The van der Waals surface area contributed by atoms with Crippen molar-refractivity contribution in [3.05, 3.63) is 59.7 Å². The number of hydrogen-bond donors (Lipinski definition) is 1. The van der Waals surface area contributed by atoms with Crippen LogP contribution in [-0.2, 0) is 6.61 Å². The highest BCUT2D eigenvalue weighted by Gasteiger charge is 2.07. The lowest BCUT2D eigenvalue weighted by molar-refractivity contribution is 0.306. The van der Waals surface area contributed by atoms with Crippen LogP contribution in [0, 0.1) is 0 Å². The van der Waals surface area contributed by atoms with Gasteiger partial charge >= 0.3 is 0 Å². The molecule has 0 saturated carbocycles. The lowest BCUT2D eigenvalue weighted by Gasteiger charge is -2.15. The number of ether oxygens (including phenoxy) is 1. The first-order valence-electron chi connectivity index (χ1n) is 8.00. The van der Waals surface area contributed by atoms with Gasteiger partial charge in [0.2, 0.25) is 0 Å². The summed E-state index contributed by atoms with van der Waals surface area (Å²) in [6.45, 7) is 2.47. The number of rotatable bonds is 5. The molecule has 2 aromatic rings. The molecule has 0 radical (unpaired) electrons. The molecule has 2 aromatic carbocycles. The minimum Gasteiger partial charge on any atom is -0.489 e. The van der Waals surface area contributed by atoms with Crippen LogP contribution in [-0.4, -0.2) is 33.0 Å². The maximum atomic E-state index is 5.89. The van der Waals surface area contributed by atoms with Gasteiger partial charge in [-0.3, -0.25) is 4.99 Å². The fourth-order valence-electron chi connectivity index (χ4n) is 2.53. The van der Waals surface area contributed by atoms with Gasteiger partial charge in [0.15, 0.2) is 0 Å². The molecular weight excluding hydrogens is 286 g/mol. The highest BCUT2D eigenvalue weighted by atomic mass is 16.5. The summed E-state index contributed by atoms with van der Waals surface area (Å²) in [6.07, 6.45) is 1.11. The quantitative estimate of drug-likeness (QED) is 0.922. The van der Waals surface area contributed by atoms with Crippen LogP contribution in [0.4, 0.5) is 5.69 Å². The van der Waals surface area contributed by atoms with Crippen LogP contribution in [0.1, 0.15) is 17.5 Å². The maximum Gasteiger partial charge on any atom is 0.128 e. The van der Waals surface area contributed by atoms with E-state index in [1.807, 2.05) is 26.2 Å². The molecule has 0 aliphatic carbocycles. The van der Waals surface area contributed by atoms with Crippen LogP contribution in [0.15, 0.2) is 53.5 Å². The van der Waals surface area contributed by atoms with E-state index in [-0.39, 0.29) is 0 Å². The summed E-state index contributed by atoms with van der Waals surface area (Å²) in [5.41, 5.74) is 3.47. The van der Waals surface area contributed by atoms with E-state index in [9.17, 15) is 0 Å². The van der Waals surface area contributed by atoms with Crippen LogP contribution in [0.25, 0.3) is 0 Å². The second-order valence-corrected chi connectivity index (χ2v) is 5.89. The fraction of sp³-hybridized carbons (Fsp3) is 0.316. The summed E-state index contributed by atoms with van der Waals surface area (Å²) in [5, 5.41) is 3.33. The van der Waals surface area contributed by atoms with E-state index in [2.05, 4.69) is 51.6 Å². The third-order valence-electron chi connectivity index (χ3n) is 3.86. The number of nitrogens with zero attached hydrogens (tertiary/aromatic N) is 2. The van der Waals surface area contributed by atoms with E-state index in [0.29, 0.717) is 6.61 Å². The van der Waals surface area contributed by atoms with Gasteiger partial charge in [-0.15, -0.1) is 0 Å². The molecule has 0 spiro atoms. The number of benzene rings is 2. The van der Waals surface area contributed by atoms with Crippen LogP contribution < -0.4 is 15.0 Å². The second kappa shape index (κ2) is 7.18. The molecule has 4 nitrogen and oxygen atoms in total. The molecule has 1 N–H and O–H groups in total. The summed E-state index contributed by atoms with van der Waals surface area (Å²) < 4.78 is 5.89. The van der Waals surface area contributed by atoms with Gasteiger partial charge in [-0.25, -0.2) is 0 Å². The fourth-order valence-corrected chi connectivity index (χ4v) is 2.53. The number of nitrogens with one attached hydrogen (secondary N) is 1. The Kier molecular flexibility index (Phi) is 4.81. The smallest absolute Gasteiger partial charge is 0.128 e. The zero-order valence-corrected chi connectivity index (χ0v) is 13.7. The minimum absolute atomic E-state index is 0.570. The molecular formula is C19H23N3O. The summed E-state index contributed by atoms with van der Waals surface area (Å²) >= 11 is 0. The van der Waals surface area contributed by atoms with Gasteiger partial charge < -0.3 is 15.0 Å². The van der Waals surface area contributed by atoms with Crippen LogP contribution in [0.2, 0.25) is 0 Å². The monoisotopic (exact) mass is 309 g/mol. The molecule has 1 aliphatic rings. The Morgan fingerprint density at radius 2 is 1.96 bits per heavy atom. The van der Waals surface area contributed by atoms with Crippen LogP contribution in [0.3, 0.4) is 0 Å². The molecule has 0 unspecified atom stereocenters. The molecule has 1 heterocycles. The largest absolute Gasteiger partial charge is 0.489 e. The van der Waals surface area contributed by atoms with E-state index in [1.165, 1.54) is 11.3 Å². The van der Waals surface area contributed by atoms with Crippen molar-refractivity contribution >= 4 is 11.5 Å². The zero-order chi connectivity index (χ0) is 16.1. The molecule has 0 aromatic heterocycles. The Morgan fingerprint density at radius 1 is 1.13 bits per heavy atom. The Balaban J connectivity index is 1.62. The lowest BCUT2D eigenvalue weighted by atomic mass is 10.1. The molecule has 3 rings (SSSR count). The first kappa shape index (κ1) is 15.4. The number of amidine groups is 1. The first-order chi connectivity index (χ1) is 11.2. The molecule has 120 valence electrons. The molecule has 0 atom stereocenters. The normalized spacial score (nSPS) is 13.9. The Hall–Kier alpha value is -2.49. The average Bonchev–Trinajstić information content (AvgIpc) is 2.61. The summed E-state index contributed by atoms with van der Waals surface area (Å²) in [5.74, 6) is 1.86. The van der Waals surface area contributed by atoms with Crippen LogP contribution in [0.5, 0.6) is 5.75 Å². The SMILES string of the molecule is CN(C)c1cccc(COc2ccc(C3=NCCCN3)cc2)c1. The van der Waals surface area contributed by atoms with E-state index in [0.717, 1.165) is 36.7 Å². The van der Waals surface area contributed by atoms with Crippen molar-refractivity contribution < 1.29 is 4.74 Å². The third kappa shape index (κ3) is 4.03. The van der Waals surface area contributed by atoms with Gasteiger partial charge in [0.05, 0.1) is 0 Å². The van der Waals surface area contributed by atoms with E-state index >= 15 is 0 Å². The third-order valence-corrected chi connectivity index (χ3v) is 3.86. The molecule has 1 aliphatic heterocycles. The summed E-state index contributed by atoms with van der Waals surface area (Å²) in [4.78, 5) is 6.60. The second-order valence-electron chi connectivity index (χ2n) is 5.89. The molecule has 23 heavy (non-hydrogen) atoms. The Labute approximate surface area is 137 Å². The van der Waals surface area contributed by atoms with Crippen molar-refractivity contribution in [3.8, 4) is 5.75 Å². The molecule has 0 amide bonds. The summed E-state index contributed by atoms with van der Waals surface area (Å²) in [7, 11) is 4.08. The number of aliphatic imine (C=N–C) groups is 1. The Bertz CT molecular complexity index is 677. The number of hydrogen-bond acceptors (Lipinski definition) is 4. The van der Waals surface area contributed by atoms with Crippen molar-refractivity contribution in [2.24, 2.45) is 4.99 Å². The minimum atomic E-state index is 0.570. The zero-order valence-electron chi connectivity index (χ0n) is 13.7. The van der Waals surface area contributed by atoms with Crippen molar-refractivity contribution in [1.82, 2.24) is 5.32 Å². The molecule has 0 bridgehead atoms. The standard InChI is InChI=1S/C19H23N3O/c1-22(2)17-6-3-5-15(13-17)14-23-18-9-7-16(8-10-18)19-20-11-4-12-21-19/h3,5-10,13H,4,11-12,14H2,1-2H3,(H,20,21). The average molecular weight is 309 g/mol. The van der Waals surface area contributed by atoms with E-state index in [4.69, 9.17) is 4.74 Å². The topological polar surface area (TPSA) is 36.9 Å². The highest BCUT2D eigenvalue weighted by molar-refractivity contribution is 5.99. The van der Waals surface area contributed by atoms with Crippen molar-refractivity contribution in [3.63, 3.8) is 0 Å². The van der Waals surface area contributed by atoms with Crippen molar-refractivity contribution in [2.45, 2.75) is 13.0 Å². The van der Waals surface area contributed by atoms with Gasteiger partial charge in [-0.05, 0) is 48.4 Å². The molecule has 0 fully saturated rings. The highest BCUT2D eigenvalue weighted by Crippen LogP contribution is 2.17. The number of anilines is 1. The van der Waals surface area contributed by atoms with E-state index in [1.54, 1.807) is 0 Å². The van der Waals surface area contributed by atoms with E-state index < -0.39 is 0 Å². The van der Waals surface area contributed by atoms with Gasteiger partial charge in [0.1, 0.15) is 18.2 Å². The Morgan fingerprint density at radius 3 is 2.65 bits per heavy atom. The van der Waals surface area contributed by atoms with Gasteiger partial charge in [-0.2, -0.15) is 0 Å². The maximum absolute atomic E-state index is 5.89.